The molecule has 9 heteroatoms. The minimum atomic E-state index is 0. The Morgan fingerprint density at radius 3 is 1.90 bits per heavy atom. The topological polar surface area (TPSA) is 106 Å². The van der Waals surface area contributed by atoms with Gasteiger partial charge in [-0.1, -0.05) is 36.6 Å². The van der Waals surface area contributed by atoms with Gasteiger partial charge >= 0.3 is 0 Å². The van der Waals surface area contributed by atoms with Crippen molar-refractivity contribution >= 4 is 34.4 Å². The molecule has 0 radical (unpaired) electrons. The molecule has 0 aliphatic rings. The van der Waals surface area contributed by atoms with Crippen molar-refractivity contribution in [3.05, 3.63) is 96.7 Å². The van der Waals surface area contributed by atoms with E-state index in [0.29, 0.717) is 21.4 Å². The number of rotatable bonds is 4. The average Bonchev–Trinajstić information content (AvgIpc) is 2.81. The van der Waals surface area contributed by atoms with Gasteiger partial charge in [0.15, 0.2) is 18.6 Å². The van der Waals surface area contributed by atoms with Crippen LogP contribution in [-0.2, 0) is 17.1 Å². The fourth-order valence-corrected chi connectivity index (χ4v) is 2.79. The summed E-state index contributed by atoms with van der Waals surface area (Å²) in [6.07, 6.45) is 5.58. The molecule has 6 N–H and O–H groups in total. The largest absolute Gasteiger partial charge is 0.388 e. The summed E-state index contributed by atoms with van der Waals surface area (Å²) in [7, 11) is 0. The Morgan fingerprint density at radius 2 is 1.35 bits per heavy atom. The molecule has 0 fully saturated rings. The first-order chi connectivity index (χ1) is 14.5. The first-order valence-corrected chi connectivity index (χ1v) is 9.83. The number of thiocarbonyl (C=S) groups is 2. The number of hydrogen-bond acceptors (Lipinski definition) is 4. The molecule has 31 heavy (non-hydrogen) atoms. The summed E-state index contributed by atoms with van der Waals surface area (Å²) < 4.78 is 0. The van der Waals surface area contributed by atoms with Crippen LogP contribution in [0.15, 0.2) is 85.3 Å². The van der Waals surface area contributed by atoms with Crippen LogP contribution in [0, 0.1) is 0 Å². The van der Waals surface area contributed by atoms with E-state index in [0.717, 1.165) is 22.6 Å². The molecule has 0 saturated carbocycles. The van der Waals surface area contributed by atoms with Gasteiger partial charge in [-0.3, -0.25) is 0 Å². The van der Waals surface area contributed by atoms with Gasteiger partial charge in [-0.15, -0.1) is 0 Å². The van der Waals surface area contributed by atoms with Crippen molar-refractivity contribution in [1.29, 1.82) is 0 Å². The Labute approximate surface area is 201 Å². The van der Waals surface area contributed by atoms with Crippen LogP contribution in [0.5, 0.6) is 0 Å². The Balaban J connectivity index is 0.000000213. The van der Waals surface area contributed by atoms with Crippen LogP contribution in [-0.4, -0.2) is 19.9 Å². The van der Waals surface area contributed by atoms with Gasteiger partial charge in [0.25, 0.3) is 0 Å². The third kappa shape index (κ3) is 6.97. The van der Waals surface area contributed by atoms with E-state index >= 15 is 0 Å². The second-order valence-corrected chi connectivity index (χ2v) is 6.99. The van der Waals surface area contributed by atoms with E-state index in [1.165, 1.54) is 0 Å². The zero-order valence-corrected chi connectivity index (χ0v) is 19.0. The molecule has 0 aliphatic carbocycles. The van der Waals surface area contributed by atoms with Gasteiger partial charge in [0, 0.05) is 35.3 Å². The standard InChI is InChI=1S/2C11H9N3S.Fe/c12-11(15)10-5-1-4-9(14-10)8-3-2-6-13-7-8;12-11(15)10-6-3-5-9(14-10)8-4-1-2-7-13-8;/h2*1-7H,(H2,12,15);/p+2. The summed E-state index contributed by atoms with van der Waals surface area (Å²) in [5, 5.41) is 0. The minimum Gasteiger partial charge on any atom is -0.388 e. The summed E-state index contributed by atoms with van der Waals surface area (Å²) in [4.78, 5) is 15.4. The molecule has 4 aromatic heterocycles. The summed E-state index contributed by atoms with van der Waals surface area (Å²) in [5.74, 6) is 0. The number of hydrogen-bond donors (Lipinski definition) is 2. The summed E-state index contributed by atoms with van der Waals surface area (Å²) in [6, 6.07) is 20.9. The monoisotopic (exact) mass is 488 g/mol. The second kappa shape index (κ2) is 11.9. The smallest absolute Gasteiger partial charge is 0.229 e. The van der Waals surface area contributed by atoms with Crippen molar-refractivity contribution < 1.29 is 27.0 Å². The summed E-state index contributed by atoms with van der Waals surface area (Å²) in [5.41, 5.74) is 16.0. The van der Waals surface area contributed by atoms with Crippen molar-refractivity contribution in [2.45, 2.75) is 0 Å². The van der Waals surface area contributed by atoms with Crippen LogP contribution in [0.4, 0.5) is 0 Å². The van der Waals surface area contributed by atoms with E-state index in [2.05, 4.69) is 19.9 Å². The van der Waals surface area contributed by atoms with Gasteiger partial charge in [-0.05, 0) is 36.4 Å². The van der Waals surface area contributed by atoms with Gasteiger partial charge in [0.2, 0.25) is 5.69 Å². The van der Waals surface area contributed by atoms with E-state index < -0.39 is 0 Å². The predicted octanol–water partition coefficient (Wildman–Crippen LogP) is 2.39. The Bertz CT molecular complexity index is 1060. The zero-order valence-electron chi connectivity index (χ0n) is 16.3. The molecule has 156 valence electrons. The van der Waals surface area contributed by atoms with E-state index in [1.54, 1.807) is 12.1 Å². The maximum Gasteiger partial charge on any atom is 0.229 e. The molecule has 0 spiro atoms. The number of nitrogens with two attached hydrogens (primary N) is 2. The fourth-order valence-electron chi connectivity index (χ4n) is 2.56. The summed E-state index contributed by atoms with van der Waals surface area (Å²) in [6.45, 7) is 0. The number of H-pyrrole nitrogens is 2. The zero-order chi connectivity index (χ0) is 21.3. The van der Waals surface area contributed by atoms with Crippen LogP contribution >= 0.6 is 24.4 Å². The number of aromatic nitrogens is 4. The van der Waals surface area contributed by atoms with Crippen molar-refractivity contribution in [3.63, 3.8) is 0 Å². The van der Waals surface area contributed by atoms with Gasteiger partial charge in [-0.25, -0.2) is 19.9 Å². The van der Waals surface area contributed by atoms with Gasteiger partial charge in [-0.2, -0.15) is 0 Å². The SMILES string of the molecule is NC(=S)c1cccc(-c2ccc[nH+]c2)n1.NC(=S)c1cccc(-c2cccc[nH+]2)n1.[Fe]. The third-order valence-corrected chi connectivity index (χ3v) is 4.41. The van der Waals surface area contributed by atoms with Gasteiger partial charge < -0.3 is 11.5 Å². The number of aromatic amines is 2. The van der Waals surface area contributed by atoms with Crippen molar-refractivity contribution in [2.24, 2.45) is 11.5 Å². The molecule has 0 aromatic carbocycles. The molecule has 0 amide bonds. The Hall–Kier alpha value is -3.10. The molecule has 6 nitrogen and oxygen atoms in total. The second-order valence-electron chi connectivity index (χ2n) is 6.11. The molecule has 4 rings (SSSR count). The molecular formula is C22H20FeN6S2+2. The third-order valence-electron chi connectivity index (χ3n) is 3.99. The molecule has 0 atom stereocenters. The first kappa shape index (κ1) is 24.2. The van der Waals surface area contributed by atoms with E-state index in [4.69, 9.17) is 35.9 Å². The molecule has 4 aromatic rings. The molecule has 4 heterocycles. The van der Waals surface area contributed by atoms with Crippen LogP contribution in [0.3, 0.4) is 0 Å². The maximum absolute atomic E-state index is 5.52. The predicted molar refractivity (Wildman–Crippen MR) is 124 cm³/mol. The number of nitrogens with one attached hydrogen (secondary N) is 2. The van der Waals surface area contributed by atoms with E-state index in [9.17, 15) is 0 Å². The normalized spacial score (nSPS) is 9.55. The van der Waals surface area contributed by atoms with Gasteiger partial charge in [0.1, 0.15) is 15.7 Å². The van der Waals surface area contributed by atoms with Crippen LogP contribution < -0.4 is 21.4 Å². The average molecular weight is 488 g/mol. The molecule has 0 saturated heterocycles. The Kier molecular flexibility index (Phi) is 9.30. The van der Waals surface area contributed by atoms with Crippen molar-refractivity contribution in [2.75, 3.05) is 0 Å². The Morgan fingerprint density at radius 1 is 0.710 bits per heavy atom. The quantitative estimate of drug-likeness (QED) is 0.338. The van der Waals surface area contributed by atoms with Crippen molar-refractivity contribution in [1.82, 2.24) is 9.97 Å². The van der Waals surface area contributed by atoms with Crippen molar-refractivity contribution in [3.8, 4) is 22.6 Å². The van der Waals surface area contributed by atoms with Crippen LogP contribution in [0.1, 0.15) is 11.4 Å². The summed E-state index contributed by atoms with van der Waals surface area (Å²) >= 11 is 9.76. The molecule has 0 aliphatic heterocycles. The van der Waals surface area contributed by atoms with Crippen LogP contribution in [0.2, 0.25) is 0 Å². The molecule has 0 bridgehead atoms. The molecule has 0 unspecified atom stereocenters. The number of pyridine rings is 4. The van der Waals surface area contributed by atoms with Crippen LogP contribution in [0.25, 0.3) is 22.6 Å². The fraction of sp³-hybridized carbons (Fsp3) is 0. The van der Waals surface area contributed by atoms with Gasteiger partial charge in [0.05, 0.1) is 22.6 Å². The maximum atomic E-state index is 5.52. The molecular weight excluding hydrogens is 468 g/mol. The van der Waals surface area contributed by atoms with E-state index in [-0.39, 0.29) is 17.1 Å². The number of nitrogens with zero attached hydrogens (tertiary/aromatic N) is 2. The first-order valence-electron chi connectivity index (χ1n) is 9.02. The van der Waals surface area contributed by atoms with E-state index in [1.807, 2.05) is 73.2 Å². The minimum absolute atomic E-state index is 0.